The predicted octanol–water partition coefficient (Wildman–Crippen LogP) is 1.97. The number of esters is 1. The van der Waals surface area contributed by atoms with Gasteiger partial charge in [0.15, 0.2) is 0 Å². The minimum Gasteiger partial charge on any atom is -0.462 e. The molecule has 0 saturated heterocycles. The molecule has 16 heavy (non-hydrogen) atoms. The van der Waals surface area contributed by atoms with E-state index in [1.54, 1.807) is 25.1 Å². The maximum absolute atomic E-state index is 11.4. The van der Waals surface area contributed by atoms with Crippen LogP contribution < -0.4 is 5.63 Å². The summed E-state index contributed by atoms with van der Waals surface area (Å²) in [5.41, 5.74) is 0.329. The average Bonchev–Trinajstić information content (AvgIpc) is 2.28. The van der Waals surface area contributed by atoms with Crippen molar-refractivity contribution in [3.63, 3.8) is 0 Å². The first kappa shape index (κ1) is 10.4. The Hall–Kier alpha value is -2.10. The zero-order chi connectivity index (χ0) is 11.5. The van der Waals surface area contributed by atoms with Crippen molar-refractivity contribution in [2.75, 3.05) is 6.61 Å². The summed E-state index contributed by atoms with van der Waals surface area (Å²) >= 11 is 0. The fraction of sp³-hybridized carbons (Fsp3) is 0.167. The van der Waals surface area contributed by atoms with E-state index in [-0.39, 0.29) is 0 Å². The third-order valence-electron chi connectivity index (χ3n) is 2.13. The lowest BCUT2D eigenvalue weighted by molar-refractivity contribution is 0.0526. The molecule has 0 aliphatic carbocycles. The third kappa shape index (κ3) is 1.95. The smallest absolute Gasteiger partial charge is 0.338 e. The van der Waals surface area contributed by atoms with Crippen LogP contribution in [-0.2, 0) is 4.74 Å². The quantitative estimate of drug-likeness (QED) is 0.571. The largest absolute Gasteiger partial charge is 0.462 e. The van der Waals surface area contributed by atoms with Gasteiger partial charge in [-0.25, -0.2) is 9.59 Å². The number of ether oxygens (including phenoxy) is 1. The molecule has 0 amide bonds. The lowest BCUT2D eigenvalue weighted by Gasteiger charge is -2.02. The Kier molecular flexibility index (Phi) is 2.72. The summed E-state index contributed by atoms with van der Waals surface area (Å²) in [6.07, 6.45) is 0. The van der Waals surface area contributed by atoms with Gasteiger partial charge in [0.1, 0.15) is 5.58 Å². The molecule has 0 unspecified atom stereocenters. The van der Waals surface area contributed by atoms with Crippen molar-refractivity contribution in [1.82, 2.24) is 0 Å². The summed E-state index contributed by atoms with van der Waals surface area (Å²) in [7, 11) is 0. The second kappa shape index (κ2) is 4.18. The SMILES string of the molecule is CCOC(=O)c1ccc2ccc(=O)oc2c1. The normalized spacial score (nSPS) is 10.3. The Bertz CT molecular complexity index is 583. The molecular weight excluding hydrogens is 208 g/mol. The minimum absolute atomic E-state index is 0.315. The molecule has 0 radical (unpaired) electrons. The lowest BCUT2D eigenvalue weighted by Crippen LogP contribution is -2.04. The average molecular weight is 218 g/mol. The van der Waals surface area contributed by atoms with E-state index >= 15 is 0 Å². The number of carbonyl (C=O) groups excluding carboxylic acids is 1. The maximum Gasteiger partial charge on any atom is 0.338 e. The van der Waals surface area contributed by atoms with Crippen LogP contribution in [0, 0.1) is 0 Å². The zero-order valence-corrected chi connectivity index (χ0v) is 8.73. The highest BCUT2D eigenvalue weighted by Gasteiger charge is 2.07. The van der Waals surface area contributed by atoms with Gasteiger partial charge >= 0.3 is 11.6 Å². The van der Waals surface area contributed by atoms with Crippen molar-refractivity contribution >= 4 is 16.9 Å². The van der Waals surface area contributed by atoms with E-state index in [0.29, 0.717) is 17.8 Å². The fourth-order valence-corrected chi connectivity index (χ4v) is 1.40. The number of carbonyl (C=O) groups is 1. The molecule has 0 spiro atoms. The van der Waals surface area contributed by atoms with Crippen LogP contribution in [0.1, 0.15) is 17.3 Å². The van der Waals surface area contributed by atoms with E-state index in [0.717, 1.165) is 5.39 Å². The summed E-state index contributed by atoms with van der Waals surface area (Å²) in [4.78, 5) is 22.4. The standard InChI is InChI=1S/C12H10O4/c1-2-15-12(14)9-4-3-8-5-6-11(13)16-10(8)7-9/h3-7H,2H2,1H3. The van der Waals surface area contributed by atoms with Gasteiger partial charge in [-0.05, 0) is 25.1 Å². The predicted molar refractivity (Wildman–Crippen MR) is 58.4 cm³/mol. The van der Waals surface area contributed by atoms with E-state index in [2.05, 4.69) is 0 Å². The van der Waals surface area contributed by atoms with Crippen LogP contribution >= 0.6 is 0 Å². The summed E-state index contributed by atoms with van der Waals surface area (Å²) in [5, 5.41) is 0.771. The van der Waals surface area contributed by atoms with Gasteiger partial charge in [0.05, 0.1) is 12.2 Å². The van der Waals surface area contributed by atoms with Crippen LogP contribution in [0.15, 0.2) is 39.5 Å². The first-order valence-corrected chi connectivity index (χ1v) is 4.92. The summed E-state index contributed by atoms with van der Waals surface area (Å²) < 4.78 is 9.82. The van der Waals surface area contributed by atoms with E-state index in [4.69, 9.17) is 9.15 Å². The van der Waals surface area contributed by atoms with E-state index in [9.17, 15) is 9.59 Å². The van der Waals surface area contributed by atoms with Crippen LogP contribution in [0.25, 0.3) is 11.0 Å². The van der Waals surface area contributed by atoms with Crippen molar-refractivity contribution in [3.8, 4) is 0 Å². The van der Waals surface area contributed by atoms with Gasteiger partial charge in [-0.15, -0.1) is 0 Å². The molecule has 0 bridgehead atoms. The molecular formula is C12H10O4. The van der Waals surface area contributed by atoms with Gasteiger partial charge in [0.25, 0.3) is 0 Å². The minimum atomic E-state index is -0.437. The number of hydrogen-bond donors (Lipinski definition) is 0. The molecule has 0 aliphatic heterocycles. The Labute approximate surface area is 91.4 Å². The number of fused-ring (bicyclic) bond motifs is 1. The molecule has 0 N–H and O–H groups in total. The Morgan fingerprint density at radius 2 is 2.06 bits per heavy atom. The van der Waals surface area contributed by atoms with Gasteiger partial charge < -0.3 is 9.15 Å². The van der Waals surface area contributed by atoms with E-state index in [1.165, 1.54) is 12.1 Å². The van der Waals surface area contributed by atoms with Crippen molar-refractivity contribution in [2.45, 2.75) is 6.92 Å². The van der Waals surface area contributed by atoms with Gasteiger partial charge in [-0.1, -0.05) is 6.07 Å². The molecule has 0 fully saturated rings. The highest BCUT2D eigenvalue weighted by Crippen LogP contribution is 2.14. The highest BCUT2D eigenvalue weighted by atomic mass is 16.5. The molecule has 2 aromatic rings. The molecule has 4 nitrogen and oxygen atoms in total. The second-order valence-electron chi connectivity index (χ2n) is 3.23. The lowest BCUT2D eigenvalue weighted by atomic mass is 10.1. The molecule has 1 aromatic carbocycles. The Morgan fingerprint density at radius 3 is 2.81 bits per heavy atom. The van der Waals surface area contributed by atoms with Crippen LogP contribution in [0.2, 0.25) is 0 Å². The first-order chi connectivity index (χ1) is 7.70. The van der Waals surface area contributed by atoms with Crippen molar-refractivity contribution in [1.29, 1.82) is 0 Å². The Morgan fingerprint density at radius 1 is 1.31 bits per heavy atom. The fourth-order valence-electron chi connectivity index (χ4n) is 1.40. The van der Waals surface area contributed by atoms with Crippen LogP contribution in [0.5, 0.6) is 0 Å². The van der Waals surface area contributed by atoms with Gasteiger partial charge in [0.2, 0.25) is 0 Å². The molecule has 82 valence electrons. The number of rotatable bonds is 2. The molecule has 4 heteroatoms. The van der Waals surface area contributed by atoms with Gasteiger partial charge in [-0.2, -0.15) is 0 Å². The molecule has 0 atom stereocenters. The van der Waals surface area contributed by atoms with E-state index in [1.807, 2.05) is 0 Å². The molecule has 1 heterocycles. The highest BCUT2D eigenvalue weighted by molar-refractivity contribution is 5.93. The Balaban J connectivity index is 2.50. The second-order valence-corrected chi connectivity index (χ2v) is 3.23. The zero-order valence-electron chi connectivity index (χ0n) is 8.73. The summed E-state index contributed by atoms with van der Waals surface area (Å²) in [5.74, 6) is -0.420. The van der Waals surface area contributed by atoms with E-state index < -0.39 is 11.6 Å². The molecule has 0 saturated carbocycles. The molecule has 0 aliphatic rings. The van der Waals surface area contributed by atoms with Crippen LogP contribution in [0.3, 0.4) is 0 Å². The van der Waals surface area contributed by atoms with Gasteiger partial charge in [0, 0.05) is 11.5 Å². The number of benzene rings is 1. The summed E-state index contributed by atoms with van der Waals surface area (Å²) in [6, 6.07) is 7.85. The van der Waals surface area contributed by atoms with Crippen LogP contribution in [-0.4, -0.2) is 12.6 Å². The molecule has 2 rings (SSSR count). The monoisotopic (exact) mass is 218 g/mol. The van der Waals surface area contributed by atoms with Crippen LogP contribution in [0.4, 0.5) is 0 Å². The molecule has 1 aromatic heterocycles. The third-order valence-corrected chi connectivity index (χ3v) is 2.13. The van der Waals surface area contributed by atoms with Crippen molar-refractivity contribution < 1.29 is 13.9 Å². The summed E-state index contributed by atoms with van der Waals surface area (Å²) in [6.45, 7) is 2.05. The van der Waals surface area contributed by atoms with Gasteiger partial charge in [-0.3, -0.25) is 0 Å². The van der Waals surface area contributed by atoms with Crippen molar-refractivity contribution in [3.05, 3.63) is 46.3 Å². The number of hydrogen-bond acceptors (Lipinski definition) is 4. The first-order valence-electron chi connectivity index (χ1n) is 4.92. The maximum atomic E-state index is 11.4. The van der Waals surface area contributed by atoms with Crippen molar-refractivity contribution in [2.24, 2.45) is 0 Å². The topological polar surface area (TPSA) is 56.5 Å².